The number of alkyl halides is 6. The van der Waals surface area contributed by atoms with Gasteiger partial charge in [-0.3, -0.25) is 19.5 Å². The van der Waals surface area contributed by atoms with Gasteiger partial charge in [0.05, 0.1) is 34.2 Å². The fraction of sp³-hybridized carbons (Fsp3) is 0.406. The van der Waals surface area contributed by atoms with E-state index < -0.39 is 29.9 Å². The maximum absolute atomic E-state index is 14.0. The average Bonchev–Trinajstić information content (AvgIpc) is 3.86. The first kappa shape index (κ1) is 39.8. The van der Waals surface area contributed by atoms with Gasteiger partial charge >= 0.3 is 18.3 Å². The molecule has 0 bridgehead atoms. The monoisotopic (exact) mass is 786 g/mol. The van der Waals surface area contributed by atoms with Crippen molar-refractivity contribution in [1.29, 1.82) is 0 Å². The molecule has 0 radical (unpaired) electrons. The van der Waals surface area contributed by atoms with E-state index in [0.29, 0.717) is 31.7 Å². The Morgan fingerprint density at radius 2 is 1.61 bits per heavy atom. The lowest BCUT2D eigenvalue weighted by molar-refractivity contribution is -0.192. The Morgan fingerprint density at radius 3 is 2.17 bits per heavy atom. The zero-order chi connectivity index (χ0) is 39.5. The van der Waals surface area contributed by atoms with Crippen LogP contribution in [0.3, 0.4) is 0 Å². The summed E-state index contributed by atoms with van der Waals surface area (Å²) in [6.07, 6.45) is -4.41. The number of aliphatic carboxylic acids is 1. The molecule has 2 fully saturated rings. The SMILES string of the molecule is Cc1cn[nH]c1-n1cc(-c2cnc(C(=O)Nc3ccc(C(=O)N4CCN(C(=O)C5CCNCC5)CC4)c(Cl)c3)n2C)c(C(F)(F)F)n1.O=C(O)C(F)(F)F. The van der Waals surface area contributed by atoms with Crippen LogP contribution < -0.4 is 10.6 Å². The summed E-state index contributed by atoms with van der Waals surface area (Å²) >= 11 is 6.47. The number of halogens is 7. The van der Waals surface area contributed by atoms with Crippen molar-refractivity contribution in [3.8, 4) is 17.1 Å². The number of anilines is 1. The Morgan fingerprint density at radius 1 is 0.981 bits per heavy atom. The average molecular weight is 787 g/mol. The Labute approximate surface area is 307 Å². The molecule has 1 aromatic carbocycles. The highest BCUT2D eigenvalue weighted by molar-refractivity contribution is 6.34. The second kappa shape index (κ2) is 15.9. The number of benzene rings is 1. The molecule has 0 spiro atoms. The summed E-state index contributed by atoms with van der Waals surface area (Å²) in [6.45, 7) is 4.98. The molecule has 4 N–H and O–H groups in total. The molecule has 6 rings (SSSR count). The van der Waals surface area contributed by atoms with Gasteiger partial charge in [-0.2, -0.15) is 36.5 Å². The summed E-state index contributed by atoms with van der Waals surface area (Å²) in [4.78, 5) is 55.7. The van der Waals surface area contributed by atoms with Gasteiger partial charge in [0.25, 0.3) is 11.8 Å². The number of carboxylic acid groups (broad SMARTS) is 1. The van der Waals surface area contributed by atoms with Gasteiger partial charge in [-0.1, -0.05) is 11.6 Å². The van der Waals surface area contributed by atoms with Crippen molar-refractivity contribution in [2.45, 2.75) is 32.1 Å². The molecular weight excluding hydrogens is 754 g/mol. The van der Waals surface area contributed by atoms with Crippen LogP contribution in [-0.4, -0.2) is 114 Å². The van der Waals surface area contributed by atoms with Crippen LogP contribution in [0.25, 0.3) is 17.1 Å². The van der Waals surface area contributed by atoms with Crippen LogP contribution in [0.1, 0.15) is 45.1 Å². The van der Waals surface area contributed by atoms with E-state index in [1.807, 2.05) is 4.90 Å². The summed E-state index contributed by atoms with van der Waals surface area (Å²) < 4.78 is 75.9. The van der Waals surface area contributed by atoms with Crippen LogP contribution in [0, 0.1) is 12.8 Å². The predicted octanol–water partition coefficient (Wildman–Crippen LogP) is 4.15. The quantitative estimate of drug-likeness (QED) is 0.209. The first-order chi connectivity index (χ1) is 25.4. The van der Waals surface area contributed by atoms with Gasteiger partial charge in [0.15, 0.2) is 17.3 Å². The highest BCUT2D eigenvalue weighted by Crippen LogP contribution is 2.37. The highest BCUT2D eigenvalue weighted by Gasteiger charge is 2.40. The Balaban J connectivity index is 0.000000730. The smallest absolute Gasteiger partial charge is 0.475 e. The van der Waals surface area contributed by atoms with Crippen LogP contribution >= 0.6 is 11.6 Å². The van der Waals surface area contributed by atoms with Crippen molar-refractivity contribution in [3.05, 3.63) is 64.5 Å². The number of nitrogens with zero attached hydrogens (tertiary/aromatic N) is 7. The van der Waals surface area contributed by atoms with Gasteiger partial charge in [0, 0.05) is 56.6 Å². The molecule has 0 atom stereocenters. The summed E-state index contributed by atoms with van der Waals surface area (Å²) in [5.74, 6) is -3.49. The van der Waals surface area contributed by atoms with Crippen LogP contribution in [0.15, 0.2) is 36.8 Å². The van der Waals surface area contributed by atoms with E-state index in [-0.39, 0.29) is 56.9 Å². The standard InChI is InChI=1S/C30H32ClF3N10O3.C2HF3O2/c1-17-14-37-39-25(17)44-16-21(24(40-44)30(32,33)34)23-15-36-26(41(23)2)27(45)38-19-3-4-20(22(31)13-19)29(47)43-11-9-42(10-12-43)28(46)18-5-7-35-8-6-18;3-2(4,5)1(6)7/h3-4,13-16,18,35H,5-12H2,1-2H3,(H,37,39)(H,38,45);(H,6,7). The number of H-pyrrole nitrogens is 1. The number of piperidine rings is 1. The van der Waals surface area contributed by atoms with Gasteiger partial charge in [0.1, 0.15) is 0 Å². The minimum Gasteiger partial charge on any atom is -0.475 e. The largest absolute Gasteiger partial charge is 0.490 e. The second-order valence-corrected chi connectivity index (χ2v) is 12.8. The molecule has 3 amide bonds. The van der Waals surface area contributed by atoms with Crippen LogP contribution in [-0.2, 0) is 22.8 Å². The number of carbonyl (C=O) groups is 4. The Kier molecular flexibility index (Phi) is 11.7. The minimum absolute atomic E-state index is 0.0151. The number of aromatic amines is 1. The molecule has 2 saturated heterocycles. The van der Waals surface area contributed by atoms with E-state index in [0.717, 1.165) is 30.6 Å². The van der Waals surface area contributed by atoms with E-state index >= 15 is 0 Å². The molecule has 15 nitrogen and oxygen atoms in total. The first-order valence-electron chi connectivity index (χ1n) is 16.3. The van der Waals surface area contributed by atoms with E-state index in [1.54, 1.807) is 11.8 Å². The normalized spacial score (nSPS) is 15.4. The number of carboxylic acids is 1. The third kappa shape index (κ3) is 8.84. The lowest BCUT2D eigenvalue weighted by Crippen LogP contribution is -2.52. The molecule has 2 aliphatic rings. The number of hydrogen-bond donors (Lipinski definition) is 4. The maximum atomic E-state index is 14.0. The number of aryl methyl sites for hydroxylation is 1. The number of piperazine rings is 1. The van der Waals surface area contributed by atoms with Crippen molar-refractivity contribution in [2.75, 3.05) is 44.6 Å². The third-order valence-corrected chi connectivity index (χ3v) is 9.06. The minimum atomic E-state index is -5.08. The number of carbonyl (C=O) groups excluding carboxylic acids is 3. The van der Waals surface area contributed by atoms with Gasteiger partial charge in [-0.25, -0.2) is 14.5 Å². The van der Waals surface area contributed by atoms with E-state index in [1.165, 1.54) is 48.4 Å². The molecule has 3 aromatic heterocycles. The topological polar surface area (TPSA) is 183 Å². The van der Waals surface area contributed by atoms with Crippen molar-refractivity contribution in [1.82, 2.24) is 44.6 Å². The number of nitrogens with one attached hydrogen (secondary N) is 3. The van der Waals surface area contributed by atoms with E-state index in [4.69, 9.17) is 21.5 Å². The summed E-state index contributed by atoms with van der Waals surface area (Å²) in [5, 5.41) is 23.3. The summed E-state index contributed by atoms with van der Waals surface area (Å²) in [7, 11) is 1.42. The number of hydrogen-bond acceptors (Lipinski definition) is 8. The molecule has 5 heterocycles. The molecule has 0 saturated carbocycles. The summed E-state index contributed by atoms with van der Waals surface area (Å²) in [6, 6.07) is 4.43. The van der Waals surface area contributed by atoms with Crippen molar-refractivity contribution in [2.24, 2.45) is 13.0 Å². The highest BCUT2D eigenvalue weighted by atomic mass is 35.5. The van der Waals surface area contributed by atoms with Gasteiger partial charge in [-0.15, -0.1) is 0 Å². The zero-order valence-electron chi connectivity index (χ0n) is 28.6. The van der Waals surface area contributed by atoms with E-state index in [9.17, 15) is 40.7 Å². The van der Waals surface area contributed by atoms with Crippen LogP contribution in [0.4, 0.5) is 32.0 Å². The fourth-order valence-corrected chi connectivity index (χ4v) is 6.17. The second-order valence-electron chi connectivity index (χ2n) is 12.4. The predicted molar refractivity (Wildman–Crippen MR) is 179 cm³/mol. The molecule has 0 unspecified atom stereocenters. The van der Waals surface area contributed by atoms with E-state index in [2.05, 4.69) is 30.9 Å². The number of rotatable bonds is 6. The van der Waals surface area contributed by atoms with Gasteiger partial charge in [0.2, 0.25) is 5.91 Å². The molecular formula is C32H33ClF6N10O5. The van der Waals surface area contributed by atoms with Crippen molar-refractivity contribution < 1.29 is 50.6 Å². The molecule has 2 aliphatic heterocycles. The van der Waals surface area contributed by atoms with Gasteiger partial charge in [-0.05, 0) is 51.1 Å². The summed E-state index contributed by atoms with van der Waals surface area (Å²) in [5.41, 5.74) is -0.316. The Bertz CT molecular complexity index is 2030. The molecule has 22 heteroatoms. The third-order valence-electron chi connectivity index (χ3n) is 8.75. The molecule has 4 aromatic rings. The Hall–Kier alpha value is -5.44. The first-order valence-corrected chi connectivity index (χ1v) is 16.6. The fourth-order valence-electron chi connectivity index (χ4n) is 5.91. The number of aromatic nitrogens is 6. The zero-order valence-corrected chi connectivity index (χ0v) is 29.3. The number of imidazole rings is 1. The van der Waals surface area contributed by atoms with Gasteiger partial charge < -0.3 is 30.1 Å². The van der Waals surface area contributed by atoms with Crippen molar-refractivity contribution >= 4 is 41.0 Å². The van der Waals surface area contributed by atoms with Crippen molar-refractivity contribution in [3.63, 3.8) is 0 Å². The lowest BCUT2D eigenvalue weighted by atomic mass is 9.96. The maximum Gasteiger partial charge on any atom is 0.490 e. The number of amides is 3. The molecule has 54 heavy (non-hydrogen) atoms. The lowest BCUT2D eigenvalue weighted by Gasteiger charge is -2.37. The van der Waals surface area contributed by atoms with Crippen LogP contribution in [0.5, 0.6) is 0 Å². The molecule has 290 valence electrons. The van der Waals surface area contributed by atoms with Crippen LogP contribution in [0.2, 0.25) is 5.02 Å². The molecule has 0 aliphatic carbocycles.